The normalized spacial score (nSPS) is 15.6. The first-order valence-corrected chi connectivity index (χ1v) is 19.4. The average molecular weight is 712 g/mol. The van der Waals surface area contributed by atoms with Crippen molar-refractivity contribution in [3.05, 3.63) is 58.0 Å². The number of carbonyl (C=O) groups excluding carboxylic acids is 2. The van der Waals surface area contributed by atoms with Gasteiger partial charge in [0.15, 0.2) is 26.4 Å². The van der Waals surface area contributed by atoms with Gasteiger partial charge in [0.25, 0.3) is 5.91 Å². The molecule has 1 fully saturated rings. The monoisotopic (exact) mass is 711 g/mol. The van der Waals surface area contributed by atoms with E-state index in [0.717, 1.165) is 17.6 Å². The Morgan fingerprint density at radius 3 is 2.51 bits per heavy atom. The molecule has 3 aromatic rings. The van der Waals surface area contributed by atoms with Crippen LogP contribution in [0.5, 0.6) is 17.2 Å². The van der Waals surface area contributed by atoms with E-state index in [1.54, 1.807) is 18.6 Å². The number of hydrogen-bond acceptors (Lipinski definition) is 13. The molecule has 0 spiro atoms. The number of carbonyl (C=O) groups is 2. The lowest BCUT2D eigenvalue weighted by molar-refractivity contribution is -0.147. The van der Waals surface area contributed by atoms with Crippen molar-refractivity contribution in [3.8, 4) is 17.2 Å². The van der Waals surface area contributed by atoms with Crippen LogP contribution in [-0.4, -0.2) is 69.1 Å². The van der Waals surface area contributed by atoms with Crippen LogP contribution in [0.4, 0.5) is 0 Å². The first kappa shape index (κ1) is 36.4. The molecule has 0 bridgehead atoms. The molecular weight excluding hydrogens is 673 g/mol. The van der Waals surface area contributed by atoms with Gasteiger partial charge in [-0.1, -0.05) is 13.8 Å². The number of thiazole rings is 1. The van der Waals surface area contributed by atoms with E-state index in [-0.39, 0.29) is 52.3 Å². The Bertz CT molecular complexity index is 1760. The van der Waals surface area contributed by atoms with Gasteiger partial charge in [0.2, 0.25) is 0 Å². The van der Waals surface area contributed by atoms with Crippen LogP contribution in [0.1, 0.15) is 55.6 Å². The topological polar surface area (TPSA) is 171 Å². The molecule has 47 heavy (non-hydrogen) atoms. The summed E-state index contributed by atoms with van der Waals surface area (Å²) in [6, 6.07) is 7.32. The molecule has 1 amide bonds. The highest BCUT2D eigenvalue weighted by Crippen LogP contribution is 2.53. The Hall–Kier alpha value is -3.40. The second kappa shape index (κ2) is 16.6. The molecule has 4 rings (SSSR count). The lowest BCUT2D eigenvalue weighted by Gasteiger charge is -2.23. The zero-order valence-electron chi connectivity index (χ0n) is 26.6. The summed E-state index contributed by atoms with van der Waals surface area (Å²) in [6.45, 7) is 4.42. The summed E-state index contributed by atoms with van der Waals surface area (Å²) in [5.41, 5.74) is 0.578. The molecule has 14 nitrogen and oxygen atoms in total. The minimum atomic E-state index is -3.51. The van der Waals surface area contributed by atoms with Gasteiger partial charge in [0.05, 0.1) is 32.2 Å². The highest BCUT2D eigenvalue weighted by molar-refractivity contribution is 7.90. The van der Waals surface area contributed by atoms with Gasteiger partial charge in [-0.15, -0.1) is 11.3 Å². The van der Waals surface area contributed by atoms with Gasteiger partial charge in [-0.05, 0) is 43.5 Å². The number of pyridine rings is 1. The van der Waals surface area contributed by atoms with Crippen LogP contribution >= 0.6 is 18.9 Å². The van der Waals surface area contributed by atoms with E-state index in [0.29, 0.717) is 50.5 Å². The van der Waals surface area contributed by atoms with Crippen molar-refractivity contribution in [2.24, 2.45) is 4.99 Å². The first-order valence-electron chi connectivity index (χ1n) is 14.9. The van der Waals surface area contributed by atoms with Gasteiger partial charge in [-0.2, -0.15) is 4.99 Å². The van der Waals surface area contributed by atoms with E-state index in [1.165, 1.54) is 35.0 Å². The Kier molecular flexibility index (Phi) is 12.9. The van der Waals surface area contributed by atoms with Gasteiger partial charge in [-0.25, -0.2) is 13.4 Å². The number of aromatic nitrogens is 2. The Labute approximate surface area is 277 Å². The summed E-state index contributed by atoms with van der Waals surface area (Å²) in [5.74, 6) is -0.350. The number of nitrogens with zero attached hydrogens (tertiary/aromatic N) is 3. The summed E-state index contributed by atoms with van der Waals surface area (Å²) in [5, 5.41) is 1.55. The fourth-order valence-corrected chi connectivity index (χ4v) is 7.59. The van der Waals surface area contributed by atoms with Crippen molar-refractivity contribution >= 4 is 40.6 Å². The molecule has 17 heteroatoms. The highest BCUT2D eigenvalue weighted by atomic mass is 32.2. The third-order valence-corrected chi connectivity index (χ3v) is 10.4. The van der Waals surface area contributed by atoms with Crippen molar-refractivity contribution < 1.29 is 50.6 Å². The fourth-order valence-electron chi connectivity index (χ4n) is 4.29. The maximum absolute atomic E-state index is 13.7. The number of rotatable bonds is 15. The zero-order valence-corrected chi connectivity index (χ0v) is 29.1. The maximum Gasteiger partial charge on any atom is 0.336 e. The number of sulfone groups is 1. The summed E-state index contributed by atoms with van der Waals surface area (Å²) in [7, 11) is -5.40. The third-order valence-electron chi connectivity index (χ3n) is 6.67. The number of ether oxygens (including phenoxy) is 4. The lowest BCUT2D eigenvalue weighted by Crippen LogP contribution is -2.23. The SMILES string of the molecule is CCCC(=O)OCn1c(CP2(=O)OCCCO2)cs/c1=N\C(=O)c1cc(Oc2ccc(S(C)(=O)=O)nc2)cc(O[C@@H](CC)COC)c1. The Morgan fingerprint density at radius 2 is 1.87 bits per heavy atom. The molecule has 1 saturated heterocycles. The van der Waals surface area contributed by atoms with E-state index in [9.17, 15) is 22.6 Å². The summed E-state index contributed by atoms with van der Waals surface area (Å²) < 4.78 is 71.9. The molecule has 1 aliphatic rings. The zero-order chi connectivity index (χ0) is 34.0. The molecule has 0 aliphatic carbocycles. The number of hydrogen-bond donors (Lipinski definition) is 0. The molecule has 256 valence electrons. The average Bonchev–Trinajstić information content (AvgIpc) is 3.39. The van der Waals surface area contributed by atoms with Crippen molar-refractivity contribution in [2.45, 2.75) is 63.6 Å². The van der Waals surface area contributed by atoms with E-state index in [2.05, 4.69) is 9.98 Å². The van der Waals surface area contributed by atoms with Gasteiger partial charge in [0, 0.05) is 42.5 Å². The number of methoxy groups -OCH3 is 1. The summed E-state index contributed by atoms with van der Waals surface area (Å²) in [4.78, 5) is 34.3. The van der Waals surface area contributed by atoms with Crippen molar-refractivity contribution in [2.75, 3.05) is 33.2 Å². The second-order valence-corrected chi connectivity index (χ2v) is 15.4. The molecule has 2 aromatic heterocycles. The molecule has 0 unspecified atom stereocenters. The number of benzene rings is 1. The molecule has 1 aliphatic heterocycles. The van der Waals surface area contributed by atoms with Crippen molar-refractivity contribution in [3.63, 3.8) is 0 Å². The van der Waals surface area contributed by atoms with Gasteiger partial charge < -0.3 is 28.0 Å². The molecule has 1 aromatic carbocycles. The highest BCUT2D eigenvalue weighted by Gasteiger charge is 2.30. The maximum atomic E-state index is 13.7. The minimum Gasteiger partial charge on any atom is -0.488 e. The van der Waals surface area contributed by atoms with E-state index >= 15 is 0 Å². The Morgan fingerprint density at radius 1 is 1.13 bits per heavy atom. The predicted molar refractivity (Wildman–Crippen MR) is 171 cm³/mol. The number of amides is 1. The largest absolute Gasteiger partial charge is 0.488 e. The quantitative estimate of drug-likeness (QED) is 0.151. The third kappa shape index (κ3) is 10.5. The standard InChI is InChI=1S/C30H38N3O11PS2/c1-5-8-28(34)40-20-33-22(18-45(36)41-11-7-12-42-45)19-46-30(33)32-29(35)21-13-25(43-23(6-2)17-39-3)15-26(14-21)44-24-9-10-27(31-16-24)47(4,37)38/h9-10,13-16,19,23H,5-8,11-12,17-18,20H2,1-4H3/b32-30-/t23-/m0/s1. The molecule has 0 saturated carbocycles. The van der Waals surface area contributed by atoms with Gasteiger partial charge >= 0.3 is 13.6 Å². The van der Waals surface area contributed by atoms with Crippen LogP contribution in [0.2, 0.25) is 0 Å². The van der Waals surface area contributed by atoms with Gasteiger partial charge in [-0.3, -0.25) is 18.7 Å². The molecular formula is C30H38N3O11PS2. The summed E-state index contributed by atoms with van der Waals surface area (Å²) >= 11 is 1.10. The van der Waals surface area contributed by atoms with E-state index < -0.39 is 29.3 Å². The van der Waals surface area contributed by atoms with E-state index in [4.69, 9.17) is 28.0 Å². The molecule has 3 heterocycles. The van der Waals surface area contributed by atoms with Crippen LogP contribution in [0.25, 0.3) is 0 Å². The molecule has 0 radical (unpaired) electrons. The summed E-state index contributed by atoms with van der Waals surface area (Å²) in [6.07, 6.45) is 3.94. The fraction of sp³-hybridized carbons (Fsp3) is 0.467. The predicted octanol–water partition coefficient (Wildman–Crippen LogP) is 5.12. The lowest BCUT2D eigenvalue weighted by atomic mass is 10.2. The van der Waals surface area contributed by atoms with Gasteiger partial charge in [0.1, 0.15) is 23.4 Å². The molecule has 1 atom stereocenters. The van der Waals surface area contributed by atoms with Crippen LogP contribution in [0, 0.1) is 0 Å². The first-order chi connectivity index (χ1) is 22.4. The molecule has 0 N–H and O–H groups in total. The van der Waals surface area contributed by atoms with Crippen LogP contribution in [-0.2, 0) is 50.6 Å². The van der Waals surface area contributed by atoms with Crippen LogP contribution in [0.15, 0.2) is 51.9 Å². The Balaban J connectivity index is 1.70. The smallest absolute Gasteiger partial charge is 0.336 e. The number of esters is 1. The van der Waals surface area contributed by atoms with Crippen molar-refractivity contribution in [1.29, 1.82) is 0 Å². The second-order valence-electron chi connectivity index (χ2n) is 10.5. The van der Waals surface area contributed by atoms with Crippen molar-refractivity contribution in [1.82, 2.24) is 9.55 Å². The van der Waals surface area contributed by atoms with Crippen LogP contribution < -0.4 is 14.3 Å². The van der Waals surface area contributed by atoms with Crippen LogP contribution in [0.3, 0.4) is 0 Å². The van der Waals surface area contributed by atoms with E-state index in [1.807, 2.05) is 13.8 Å². The minimum absolute atomic E-state index is 0.0933.